The summed E-state index contributed by atoms with van der Waals surface area (Å²) in [5, 5.41) is 1.61. The molecule has 100 valence electrons. The highest BCUT2D eigenvalue weighted by Crippen LogP contribution is 2.40. The van der Waals surface area contributed by atoms with Crippen molar-refractivity contribution in [2.75, 3.05) is 6.61 Å². The van der Waals surface area contributed by atoms with Crippen molar-refractivity contribution in [2.45, 2.75) is 32.4 Å². The maximum absolute atomic E-state index is 12.7. The molecule has 0 fully saturated rings. The zero-order chi connectivity index (χ0) is 13.3. The smallest absolute Gasteiger partial charge is 0.392 e. The number of halogens is 3. The average Bonchev–Trinajstić information content (AvgIpc) is 2.70. The third-order valence-electron chi connectivity index (χ3n) is 3.11. The van der Waals surface area contributed by atoms with Gasteiger partial charge < -0.3 is 4.74 Å². The summed E-state index contributed by atoms with van der Waals surface area (Å²) in [6.07, 6.45) is -3.79. The molecule has 1 aromatic heterocycles. The molecule has 0 spiro atoms. The molecule has 0 amide bonds. The molecule has 6 heteroatoms. The van der Waals surface area contributed by atoms with E-state index in [1.165, 1.54) is 11.3 Å². The highest BCUT2D eigenvalue weighted by molar-refractivity contribution is 7.10. The molecular formula is C12H13F3O2S. The van der Waals surface area contributed by atoms with Crippen LogP contribution in [0.25, 0.3) is 0 Å². The van der Waals surface area contributed by atoms with E-state index in [4.69, 9.17) is 4.74 Å². The predicted octanol–water partition coefficient (Wildman–Crippen LogP) is 3.59. The molecule has 0 radical (unpaired) electrons. The summed E-state index contributed by atoms with van der Waals surface area (Å²) in [6.45, 7) is 1.90. The lowest BCUT2D eigenvalue weighted by Gasteiger charge is -2.25. The predicted molar refractivity (Wildman–Crippen MR) is 61.8 cm³/mol. The average molecular weight is 278 g/mol. The number of carbonyl (C=O) groups excluding carboxylic acids is 1. The standard InChI is InChI=1S/C12H13F3O2S/c1-2-17-11(16)9-6-18-10-4-3-7(5-8(9)10)12(13,14)15/h6-7H,2-5H2,1H3. The summed E-state index contributed by atoms with van der Waals surface area (Å²) >= 11 is 1.35. The molecule has 1 heterocycles. The monoisotopic (exact) mass is 278 g/mol. The van der Waals surface area contributed by atoms with Crippen LogP contribution in [-0.2, 0) is 17.6 Å². The minimum Gasteiger partial charge on any atom is -0.462 e. The minimum absolute atomic E-state index is 0.101. The second kappa shape index (κ2) is 4.91. The summed E-state index contributed by atoms with van der Waals surface area (Å²) in [6, 6.07) is 0. The molecule has 0 aromatic carbocycles. The Labute approximate surface area is 107 Å². The van der Waals surface area contributed by atoms with Crippen molar-refractivity contribution in [3.05, 3.63) is 21.4 Å². The van der Waals surface area contributed by atoms with Gasteiger partial charge in [0.2, 0.25) is 0 Å². The van der Waals surface area contributed by atoms with E-state index in [0.29, 0.717) is 17.5 Å². The number of alkyl halides is 3. The van der Waals surface area contributed by atoms with Crippen molar-refractivity contribution < 1.29 is 22.7 Å². The van der Waals surface area contributed by atoms with Crippen LogP contribution in [0.15, 0.2) is 5.38 Å². The first-order valence-corrected chi connectivity index (χ1v) is 6.64. The van der Waals surface area contributed by atoms with E-state index >= 15 is 0 Å². The van der Waals surface area contributed by atoms with Gasteiger partial charge in [0.1, 0.15) is 0 Å². The van der Waals surface area contributed by atoms with Crippen molar-refractivity contribution in [1.82, 2.24) is 0 Å². The van der Waals surface area contributed by atoms with Crippen LogP contribution < -0.4 is 0 Å². The van der Waals surface area contributed by atoms with Crippen molar-refractivity contribution >= 4 is 17.3 Å². The lowest BCUT2D eigenvalue weighted by Crippen LogP contribution is -2.29. The van der Waals surface area contributed by atoms with Gasteiger partial charge in [-0.15, -0.1) is 11.3 Å². The van der Waals surface area contributed by atoms with Gasteiger partial charge in [-0.2, -0.15) is 13.2 Å². The molecule has 1 aliphatic carbocycles. The Hall–Kier alpha value is -1.04. The van der Waals surface area contributed by atoms with Gasteiger partial charge >= 0.3 is 12.1 Å². The number of esters is 1. The zero-order valence-corrected chi connectivity index (χ0v) is 10.7. The van der Waals surface area contributed by atoms with Gasteiger partial charge in [-0.05, 0) is 31.7 Å². The van der Waals surface area contributed by atoms with Gasteiger partial charge in [-0.1, -0.05) is 0 Å². The minimum atomic E-state index is -4.19. The Morgan fingerprint density at radius 1 is 1.56 bits per heavy atom. The lowest BCUT2D eigenvalue weighted by molar-refractivity contribution is -0.177. The van der Waals surface area contributed by atoms with Crippen LogP contribution in [0.4, 0.5) is 13.2 Å². The van der Waals surface area contributed by atoms with Crippen LogP contribution in [0.2, 0.25) is 0 Å². The molecule has 1 atom stereocenters. The molecular weight excluding hydrogens is 265 g/mol. The quantitative estimate of drug-likeness (QED) is 0.773. The molecule has 1 unspecified atom stereocenters. The first-order chi connectivity index (χ1) is 8.43. The largest absolute Gasteiger partial charge is 0.462 e. The van der Waals surface area contributed by atoms with Crippen molar-refractivity contribution in [3.8, 4) is 0 Å². The van der Waals surface area contributed by atoms with Crippen molar-refractivity contribution in [2.24, 2.45) is 5.92 Å². The van der Waals surface area contributed by atoms with E-state index in [-0.39, 0.29) is 19.4 Å². The van der Waals surface area contributed by atoms with Crippen LogP contribution >= 0.6 is 11.3 Å². The third-order valence-corrected chi connectivity index (χ3v) is 4.20. The Morgan fingerprint density at radius 2 is 2.28 bits per heavy atom. The van der Waals surface area contributed by atoms with Crippen LogP contribution in [0.3, 0.4) is 0 Å². The number of aryl methyl sites for hydroxylation is 1. The molecule has 18 heavy (non-hydrogen) atoms. The fourth-order valence-electron chi connectivity index (χ4n) is 2.17. The highest BCUT2D eigenvalue weighted by atomic mass is 32.1. The molecule has 0 N–H and O–H groups in total. The van der Waals surface area contributed by atoms with E-state index in [9.17, 15) is 18.0 Å². The number of ether oxygens (including phenoxy) is 1. The second-order valence-corrected chi connectivity index (χ2v) is 5.22. The lowest BCUT2D eigenvalue weighted by atomic mass is 9.86. The Balaban J connectivity index is 2.24. The zero-order valence-electron chi connectivity index (χ0n) is 9.84. The maximum Gasteiger partial charge on any atom is 0.392 e. The highest BCUT2D eigenvalue weighted by Gasteiger charge is 2.42. The topological polar surface area (TPSA) is 26.3 Å². The molecule has 0 bridgehead atoms. The second-order valence-electron chi connectivity index (χ2n) is 4.25. The summed E-state index contributed by atoms with van der Waals surface area (Å²) in [5.74, 6) is -1.86. The van der Waals surface area contributed by atoms with Crippen LogP contribution in [0.5, 0.6) is 0 Å². The van der Waals surface area contributed by atoms with Gasteiger partial charge in [-0.25, -0.2) is 4.79 Å². The number of hydrogen-bond acceptors (Lipinski definition) is 3. The summed E-state index contributed by atoms with van der Waals surface area (Å²) < 4.78 is 43.0. The SMILES string of the molecule is CCOC(=O)c1csc2c1CC(C(F)(F)F)CC2. The fourth-order valence-corrected chi connectivity index (χ4v) is 3.24. The molecule has 0 aliphatic heterocycles. The Kier molecular flexibility index (Phi) is 3.66. The van der Waals surface area contributed by atoms with E-state index in [1.807, 2.05) is 0 Å². The molecule has 2 rings (SSSR count). The Morgan fingerprint density at radius 3 is 2.89 bits per heavy atom. The van der Waals surface area contributed by atoms with Gasteiger partial charge in [0.25, 0.3) is 0 Å². The van der Waals surface area contributed by atoms with Gasteiger partial charge in [0.15, 0.2) is 0 Å². The van der Waals surface area contributed by atoms with Gasteiger partial charge in [-0.3, -0.25) is 0 Å². The summed E-state index contributed by atoms with van der Waals surface area (Å²) in [5.41, 5.74) is 0.845. The first kappa shape index (κ1) is 13.4. The summed E-state index contributed by atoms with van der Waals surface area (Å²) in [7, 11) is 0. The number of rotatable bonds is 2. The first-order valence-electron chi connectivity index (χ1n) is 5.76. The number of thiophene rings is 1. The molecule has 0 saturated heterocycles. The van der Waals surface area contributed by atoms with E-state index < -0.39 is 18.1 Å². The van der Waals surface area contributed by atoms with E-state index in [0.717, 1.165) is 4.88 Å². The van der Waals surface area contributed by atoms with Crippen LogP contribution in [-0.4, -0.2) is 18.8 Å². The van der Waals surface area contributed by atoms with E-state index in [2.05, 4.69) is 0 Å². The van der Waals surface area contributed by atoms with Crippen molar-refractivity contribution in [1.29, 1.82) is 0 Å². The normalized spacial score (nSPS) is 19.4. The number of hydrogen-bond donors (Lipinski definition) is 0. The number of carbonyl (C=O) groups is 1. The van der Waals surface area contributed by atoms with Gasteiger partial charge in [0.05, 0.1) is 18.1 Å². The van der Waals surface area contributed by atoms with Crippen molar-refractivity contribution in [3.63, 3.8) is 0 Å². The Bertz CT molecular complexity index is 451. The maximum atomic E-state index is 12.7. The summed E-state index contributed by atoms with van der Waals surface area (Å²) in [4.78, 5) is 12.5. The third kappa shape index (κ3) is 2.53. The molecule has 2 nitrogen and oxygen atoms in total. The number of fused-ring (bicyclic) bond motifs is 1. The fraction of sp³-hybridized carbons (Fsp3) is 0.583. The molecule has 1 aromatic rings. The molecule has 0 saturated carbocycles. The van der Waals surface area contributed by atoms with Gasteiger partial charge in [0, 0.05) is 10.3 Å². The molecule has 1 aliphatic rings. The van der Waals surface area contributed by atoms with E-state index in [1.54, 1.807) is 12.3 Å². The van der Waals surface area contributed by atoms with Crippen LogP contribution in [0, 0.1) is 5.92 Å². The van der Waals surface area contributed by atoms with Crippen LogP contribution in [0.1, 0.15) is 34.1 Å².